The fraction of sp³-hybridized carbons (Fsp3) is 0.0476. The maximum absolute atomic E-state index is 12.7. The molecule has 0 radical (unpaired) electrons. The van der Waals surface area contributed by atoms with Crippen molar-refractivity contribution in [2.75, 3.05) is 0 Å². The highest BCUT2D eigenvalue weighted by molar-refractivity contribution is 8.18. The highest BCUT2D eigenvalue weighted by Gasteiger charge is 2.35. The molecular weight excluding hydrogens is 366 g/mol. The van der Waals surface area contributed by atoms with Crippen molar-refractivity contribution in [2.45, 2.75) is 6.54 Å². The average Bonchev–Trinajstić information content (AvgIpc) is 2.91. The zero-order chi connectivity index (χ0) is 18.1. The molecule has 4 rings (SSSR count). The Balaban J connectivity index is 1.66. The lowest BCUT2D eigenvalue weighted by molar-refractivity contribution is -0.123. The SMILES string of the molecule is O=C1S/C(=C/c2cccc3ccccc23)C(=O)N1Cc1ccccc1Cl. The first-order chi connectivity index (χ1) is 12.6. The Morgan fingerprint density at radius 3 is 2.50 bits per heavy atom. The predicted molar refractivity (Wildman–Crippen MR) is 107 cm³/mol. The minimum atomic E-state index is -0.284. The molecule has 2 amide bonds. The second-order valence-electron chi connectivity index (χ2n) is 5.93. The molecule has 3 aromatic carbocycles. The number of halogens is 1. The molecule has 0 spiro atoms. The van der Waals surface area contributed by atoms with Gasteiger partial charge in [0, 0.05) is 5.02 Å². The Morgan fingerprint density at radius 2 is 1.65 bits per heavy atom. The quantitative estimate of drug-likeness (QED) is 0.545. The first kappa shape index (κ1) is 16.9. The molecule has 0 unspecified atom stereocenters. The van der Waals surface area contributed by atoms with E-state index in [4.69, 9.17) is 11.6 Å². The minimum Gasteiger partial charge on any atom is -0.268 e. The van der Waals surface area contributed by atoms with Gasteiger partial charge < -0.3 is 0 Å². The maximum atomic E-state index is 12.7. The molecule has 0 atom stereocenters. The van der Waals surface area contributed by atoms with Gasteiger partial charge in [0.25, 0.3) is 11.1 Å². The van der Waals surface area contributed by atoms with Crippen molar-refractivity contribution in [1.29, 1.82) is 0 Å². The number of carbonyl (C=O) groups is 2. The molecule has 0 bridgehead atoms. The van der Waals surface area contributed by atoms with E-state index in [0.717, 1.165) is 33.7 Å². The van der Waals surface area contributed by atoms with Gasteiger partial charge in [0.15, 0.2) is 0 Å². The number of fused-ring (bicyclic) bond motifs is 1. The van der Waals surface area contributed by atoms with Crippen LogP contribution in [0.2, 0.25) is 5.02 Å². The molecule has 5 heteroatoms. The molecule has 3 nitrogen and oxygen atoms in total. The van der Waals surface area contributed by atoms with Gasteiger partial charge >= 0.3 is 0 Å². The molecule has 0 aromatic heterocycles. The maximum Gasteiger partial charge on any atom is 0.293 e. The van der Waals surface area contributed by atoms with E-state index < -0.39 is 0 Å². The van der Waals surface area contributed by atoms with Crippen molar-refractivity contribution >= 4 is 51.4 Å². The normalized spacial score (nSPS) is 16.0. The van der Waals surface area contributed by atoms with Gasteiger partial charge in [0.1, 0.15) is 0 Å². The largest absolute Gasteiger partial charge is 0.293 e. The minimum absolute atomic E-state index is 0.178. The molecule has 1 aliphatic rings. The number of amides is 2. The molecule has 3 aromatic rings. The van der Waals surface area contributed by atoms with Gasteiger partial charge in [-0.25, -0.2) is 0 Å². The third-order valence-corrected chi connectivity index (χ3v) is 5.55. The van der Waals surface area contributed by atoms with Crippen LogP contribution in [0.4, 0.5) is 4.79 Å². The zero-order valence-electron chi connectivity index (χ0n) is 13.7. The van der Waals surface area contributed by atoms with E-state index in [-0.39, 0.29) is 17.7 Å². The van der Waals surface area contributed by atoms with Crippen LogP contribution in [-0.2, 0) is 11.3 Å². The number of thioether (sulfide) groups is 1. The number of carbonyl (C=O) groups excluding carboxylic acids is 2. The Hall–Kier alpha value is -2.56. The van der Waals surface area contributed by atoms with Gasteiger partial charge in [0.05, 0.1) is 11.4 Å². The summed E-state index contributed by atoms with van der Waals surface area (Å²) in [6.45, 7) is 0.178. The number of rotatable bonds is 3. The monoisotopic (exact) mass is 379 g/mol. The number of benzene rings is 3. The Morgan fingerprint density at radius 1 is 0.923 bits per heavy atom. The molecule has 0 aliphatic carbocycles. The fourth-order valence-electron chi connectivity index (χ4n) is 2.95. The highest BCUT2D eigenvalue weighted by Crippen LogP contribution is 2.35. The number of imide groups is 1. The van der Waals surface area contributed by atoms with Crippen LogP contribution in [0.3, 0.4) is 0 Å². The first-order valence-electron chi connectivity index (χ1n) is 8.10. The van der Waals surface area contributed by atoms with Crippen LogP contribution in [-0.4, -0.2) is 16.0 Å². The molecule has 1 heterocycles. The van der Waals surface area contributed by atoms with Crippen molar-refractivity contribution in [3.63, 3.8) is 0 Å². The molecule has 128 valence electrons. The van der Waals surface area contributed by atoms with Crippen molar-refractivity contribution in [3.05, 3.63) is 87.8 Å². The lowest BCUT2D eigenvalue weighted by Gasteiger charge is -2.13. The highest BCUT2D eigenvalue weighted by atomic mass is 35.5. The fourth-order valence-corrected chi connectivity index (χ4v) is 3.98. The summed E-state index contributed by atoms with van der Waals surface area (Å²) in [6.07, 6.45) is 1.79. The molecule has 0 N–H and O–H groups in total. The summed E-state index contributed by atoms with van der Waals surface area (Å²) in [4.78, 5) is 26.8. The van der Waals surface area contributed by atoms with Crippen LogP contribution >= 0.6 is 23.4 Å². The topological polar surface area (TPSA) is 37.4 Å². The summed E-state index contributed by atoms with van der Waals surface area (Å²) in [5.74, 6) is -0.284. The summed E-state index contributed by atoms with van der Waals surface area (Å²) in [6, 6.07) is 21.1. The number of nitrogens with zero attached hydrogens (tertiary/aromatic N) is 1. The second kappa shape index (κ2) is 6.98. The number of hydrogen-bond acceptors (Lipinski definition) is 3. The van der Waals surface area contributed by atoms with Gasteiger partial charge in [-0.1, -0.05) is 72.3 Å². The van der Waals surface area contributed by atoms with Gasteiger partial charge in [0.2, 0.25) is 0 Å². The van der Waals surface area contributed by atoms with E-state index in [0.29, 0.717) is 9.93 Å². The van der Waals surface area contributed by atoms with Gasteiger partial charge in [-0.05, 0) is 45.8 Å². The standard InChI is InChI=1S/C21H14ClNO2S/c22-18-11-4-2-7-16(18)13-23-20(24)19(26-21(23)25)12-15-9-5-8-14-6-1-3-10-17(14)15/h1-12H,13H2/b19-12+. The Labute approximate surface area is 160 Å². The van der Waals surface area contributed by atoms with Crippen LogP contribution in [0.25, 0.3) is 16.8 Å². The predicted octanol–water partition coefficient (Wildman–Crippen LogP) is 5.73. The van der Waals surface area contributed by atoms with Gasteiger partial charge in [-0.15, -0.1) is 0 Å². The van der Waals surface area contributed by atoms with E-state index in [9.17, 15) is 9.59 Å². The van der Waals surface area contributed by atoms with E-state index in [1.165, 1.54) is 4.90 Å². The summed E-state index contributed by atoms with van der Waals surface area (Å²) in [7, 11) is 0. The molecular formula is C21H14ClNO2S. The van der Waals surface area contributed by atoms with Crippen molar-refractivity contribution < 1.29 is 9.59 Å². The Bertz CT molecular complexity index is 1060. The molecule has 1 fully saturated rings. The van der Waals surface area contributed by atoms with Gasteiger partial charge in [-0.3, -0.25) is 14.5 Å². The second-order valence-corrected chi connectivity index (χ2v) is 7.33. The summed E-state index contributed by atoms with van der Waals surface area (Å²) < 4.78 is 0. The van der Waals surface area contributed by atoms with Crippen LogP contribution in [0.15, 0.2) is 71.6 Å². The zero-order valence-corrected chi connectivity index (χ0v) is 15.3. The van der Waals surface area contributed by atoms with Gasteiger partial charge in [-0.2, -0.15) is 0 Å². The third-order valence-electron chi connectivity index (χ3n) is 4.27. The molecule has 1 saturated heterocycles. The van der Waals surface area contributed by atoms with Crippen LogP contribution in [0, 0.1) is 0 Å². The first-order valence-corrected chi connectivity index (χ1v) is 9.29. The average molecular weight is 380 g/mol. The molecule has 1 aliphatic heterocycles. The molecule has 0 saturated carbocycles. The third kappa shape index (κ3) is 3.14. The smallest absolute Gasteiger partial charge is 0.268 e. The summed E-state index contributed by atoms with van der Waals surface area (Å²) in [5, 5.41) is 2.41. The van der Waals surface area contributed by atoms with E-state index in [2.05, 4.69) is 0 Å². The van der Waals surface area contributed by atoms with E-state index >= 15 is 0 Å². The van der Waals surface area contributed by atoms with Crippen LogP contribution < -0.4 is 0 Å². The van der Waals surface area contributed by atoms with Crippen molar-refractivity contribution in [2.24, 2.45) is 0 Å². The number of hydrogen-bond donors (Lipinski definition) is 0. The summed E-state index contributed by atoms with van der Waals surface area (Å²) in [5.41, 5.74) is 1.68. The summed E-state index contributed by atoms with van der Waals surface area (Å²) >= 11 is 7.12. The van der Waals surface area contributed by atoms with Crippen LogP contribution in [0.1, 0.15) is 11.1 Å². The lowest BCUT2D eigenvalue weighted by Crippen LogP contribution is -2.27. The van der Waals surface area contributed by atoms with E-state index in [1.807, 2.05) is 60.7 Å². The lowest BCUT2D eigenvalue weighted by atomic mass is 10.0. The molecule has 26 heavy (non-hydrogen) atoms. The van der Waals surface area contributed by atoms with Crippen LogP contribution in [0.5, 0.6) is 0 Å². The van der Waals surface area contributed by atoms with E-state index in [1.54, 1.807) is 12.1 Å². The Kier molecular flexibility index (Phi) is 4.53. The van der Waals surface area contributed by atoms with Crippen molar-refractivity contribution in [3.8, 4) is 0 Å². The van der Waals surface area contributed by atoms with Crippen molar-refractivity contribution in [1.82, 2.24) is 4.90 Å².